The Labute approximate surface area is 114 Å². The van der Waals surface area contributed by atoms with E-state index in [-0.39, 0.29) is 18.8 Å². The first-order chi connectivity index (χ1) is 8.08. The summed E-state index contributed by atoms with van der Waals surface area (Å²) in [6.07, 6.45) is 0.168. The van der Waals surface area contributed by atoms with E-state index in [0.29, 0.717) is 13.2 Å². The number of hydrogen-bond donors (Lipinski definition) is 1. The van der Waals surface area contributed by atoms with Crippen LogP contribution in [0.1, 0.15) is 12.0 Å². The highest BCUT2D eigenvalue weighted by Gasteiger charge is 2.02. The van der Waals surface area contributed by atoms with Gasteiger partial charge in [-0.05, 0) is 26.1 Å². The number of nitrogens with zero attached hydrogens (tertiary/aromatic N) is 1. The normalized spacial score (nSPS) is 9.94. The summed E-state index contributed by atoms with van der Waals surface area (Å²) in [5.74, 6) is 0.0820. The number of aliphatic carboxylic acids is 1. The Morgan fingerprint density at radius 2 is 1.89 bits per heavy atom. The van der Waals surface area contributed by atoms with Crippen molar-refractivity contribution in [3.8, 4) is 5.75 Å². The smallest absolute Gasteiger partial charge is 0.304 e. The summed E-state index contributed by atoms with van der Waals surface area (Å²) in [4.78, 5) is 12.3. The minimum atomic E-state index is -0.767. The molecule has 1 N–H and O–H groups in total. The first-order valence-corrected chi connectivity index (χ1v) is 5.68. The Balaban J connectivity index is 0.00000289. The van der Waals surface area contributed by atoms with Gasteiger partial charge in [0.1, 0.15) is 12.4 Å². The third kappa shape index (κ3) is 7.14. The second-order valence-electron chi connectivity index (χ2n) is 4.11. The number of benzene rings is 1. The average molecular weight is 274 g/mol. The molecule has 5 heteroatoms. The predicted molar refractivity (Wildman–Crippen MR) is 73.7 cm³/mol. The van der Waals surface area contributed by atoms with Crippen LogP contribution < -0.4 is 4.74 Å². The molecule has 0 fully saturated rings. The fraction of sp³-hybridized carbons (Fsp3) is 0.462. The summed E-state index contributed by atoms with van der Waals surface area (Å²) in [5.41, 5.74) is 1.20. The number of aryl methyl sites for hydroxylation is 1. The van der Waals surface area contributed by atoms with Crippen LogP contribution >= 0.6 is 12.4 Å². The molecule has 0 aliphatic carbocycles. The van der Waals surface area contributed by atoms with Gasteiger partial charge in [-0.1, -0.05) is 17.7 Å². The van der Waals surface area contributed by atoms with Crippen LogP contribution in [-0.2, 0) is 4.79 Å². The highest BCUT2D eigenvalue weighted by molar-refractivity contribution is 5.85. The second kappa shape index (κ2) is 8.78. The van der Waals surface area contributed by atoms with E-state index in [1.807, 2.05) is 43.1 Å². The van der Waals surface area contributed by atoms with Gasteiger partial charge in [0.25, 0.3) is 0 Å². The molecule has 0 radical (unpaired) electrons. The molecule has 102 valence electrons. The molecule has 1 rings (SSSR count). The highest BCUT2D eigenvalue weighted by Crippen LogP contribution is 2.10. The molecule has 0 unspecified atom stereocenters. The Hall–Kier alpha value is -1.26. The molecule has 4 nitrogen and oxygen atoms in total. The standard InChI is InChI=1S/C13H19NO3.ClH/c1-11-3-5-12(6-4-11)17-10-9-14(2)8-7-13(15)16;/h3-6H,7-10H2,1-2H3,(H,15,16);1H. The van der Waals surface area contributed by atoms with Crippen molar-refractivity contribution < 1.29 is 14.6 Å². The van der Waals surface area contributed by atoms with Crippen LogP contribution in [-0.4, -0.2) is 42.7 Å². The molecule has 1 aromatic carbocycles. The zero-order chi connectivity index (χ0) is 12.7. The molecule has 0 bridgehead atoms. The minimum Gasteiger partial charge on any atom is -0.492 e. The predicted octanol–water partition coefficient (Wildman–Crippen LogP) is 2.20. The van der Waals surface area contributed by atoms with Gasteiger partial charge in [-0.2, -0.15) is 0 Å². The fourth-order valence-electron chi connectivity index (χ4n) is 1.35. The number of carboxylic acids is 1. The molecule has 0 spiro atoms. The zero-order valence-electron chi connectivity index (χ0n) is 10.8. The number of rotatable bonds is 7. The molecule has 0 amide bonds. The van der Waals surface area contributed by atoms with Gasteiger partial charge in [0.15, 0.2) is 0 Å². The number of halogens is 1. The molecule has 0 atom stereocenters. The minimum absolute atomic E-state index is 0. The SMILES string of the molecule is Cc1ccc(OCCN(C)CCC(=O)O)cc1.Cl. The summed E-state index contributed by atoms with van der Waals surface area (Å²) < 4.78 is 5.55. The number of carboxylic acid groups (broad SMARTS) is 1. The van der Waals surface area contributed by atoms with Crippen molar-refractivity contribution >= 4 is 18.4 Å². The van der Waals surface area contributed by atoms with Crippen LogP contribution in [0.5, 0.6) is 5.75 Å². The van der Waals surface area contributed by atoms with Crippen LogP contribution in [0.3, 0.4) is 0 Å². The lowest BCUT2D eigenvalue weighted by atomic mass is 10.2. The first-order valence-electron chi connectivity index (χ1n) is 5.68. The van der Waals surface area contributed by atoms with Crippen LogP contribution in [0.4, 0.5) is 0 Å². The molecule has 0 aliphatic rings. The molecule has 1 aromatic rings. The zero-order valence-corrected chi connectivity index (χ0v) is 11.6. The van der Waals surface area contributed by atoms with Crippen molar-refractivity contribution in [2.75, 3.05) is 26.7 Å². The van der Waals surface area contributed by atoms with Gasteiger partial charge in [0, 0.05) is 13.1 Å². The van der Waals surface area contributed by atoms with E-state index in [9.17, 15) is 4.79 Å². The van der Waals surface area contributed by atoms with E-state index in [1.165, 1.54) is 5.56 Å². The third-order valence-electron chi connectivity index (χ3n) is 2.47. The van der Waals surface area contributed by atoms with Crippen molar-refractivity contribution in [1.82, 2.24) is 4.90 Å². The lowest BCUT2D eigenvalue weighted by molar-refractivity contribution is -0.137. The van der Waals surface area contributed by atoms with E-state index in [1.54, 1.807) is 0 Å². The number of carbonyl (C=O) groups is 1. The van der Waals surface area contributed by atoms with Crippen molar-refractivity contribution in [3.63, 3.8) is 0 Å². The van der Waals surface area contributed by atoms with Crippen molar-refractivity contribution in [3.05, 3.63) is 29.8 Å². The first kappa shape index (κ1) is 16.7. The van der Waals surface area contributed by atoms with E-state index in [4.69, 9.17) is 9.84 Å². The van der Waals surface area contributed by atoms with Crippen molar-refractivity contribution in [2.24, 2.45) is 0 Å². The van der Waals surface area contributed by atoms with Gasteiger partial charge in [0.05, 0.1) is 6.42 Å². The largest absolute Gasteiger partial charge is 0.492 e. The summed E-state index contributed by atoms with van der Waals surface area (Å²) in [5, 5.41) is 8.53. The third-order valence-corrected chi connectivity index (χ3v) is 2.47. The number of likely N-dealkylation sites (N-methyl/N-ethyl adjacent to an activating group) is 1. The summed E-state index contributed by atoms with van der Waals surface area (Å²) >= 11 is 0. The van der Waals surface area contributed by atoms with Gasteiger partial charge in [0.2, 0.25) is 0 Å². The van der Waals surface area contributed by atoms with E-state index in [2.05, 4.69) is 0 Å². The maximum absolute atomic E-state index is 10.4. The van der Waals surface area contributed by atoms with Gasteiger partial charge >= 0.3 is 5.97 Å². The van der Waals surface area contributed by atoms with Gasteiger partial charge in [-0.15, -0.1) is 12.4 Å². The summed E-state index contributed by atoms with van der Waals surface area (Å²) in [7, 11) is 1.89. The lowest BCUT2D eigenvalue weighted by Gasteiger charge is -2.15. The molecular formula is C13H20ClNO3. The molecule has 18 heavy (non-hydrogen) atoms. The lowest BCUT2D eigenvalue weighted by Crippen LogP contribution is -2.26. The average Bonchev–Trinajstić information content (AvgIpc) is 2.29. The Morgan fingerprint density at radius 1 is 1.28 bits per heavy atom. The monoisotopic (exact) mass is 273 g/mol. The van der Waals surface area contributed by atoms with Gasteiger partial charge in [-0.3, -0.25) is 4.79 Å². The Bertz CT molecular complexity index is 354. The molecular weight excluding hydrogens is 254 g/mol. The number of hydrogen-bond acceptors (Lipinski definition) is 3. The van der Waals surface area contributed by atoms with Crippen LogP contribution in [0.15, 0.2) is 24.3 Å². The second-order valence-corrected chi connectivity index (χ2v) is 4.11. The topological polar surface area (TPSA) is 49.8 Å². The number of ether oxygens (including phenoxy) is 1. The van der Waals surface area contributed by atoms with E-state index >= 15 is 0 Å². The maximum Gasteiger partial charge on any atom is 0.304 e. The van der Waals surface area contributed by atoms with E-state index < -0.39 is 5.97 Å². The van der Waals surface area contributed by atoms with Gasteiger partial charge < -0.3 is 14.7 Å². The molecule has 0 saturated carbocycles. The van der Waals surface area contributed by atoms with Crippen molar-refractivity contribution in [2.45, 2.75) is 13.3 Å². The molecule has 0 aliphatic heterocycles. The van der Waals surface area contributed by atoms with Gasteiger partial charge in [-0.25, -0.2) is 0 Å². The Kier molecular flexibility index (Phi) is 8.16. The maximum atomic E-state index is 10.4. The quantitative estimate of drug-likeness (QED) is 0.827. The van der Waals surface area contributed by atoms with Crippen molar-refractivity contribution in [1.29, 1.82) is 0 Å². The summed E-state index contributed by atoms with van der Waals surface area (Å²) in [6.45, 7) is 3.87. The van der Waals surface area contributed by atoms with Crippen LogP contribution in [0.2, 0.25) is 0 Å². The molecule has 0 saturated heterocycles. The van der Waals surface area contributed by atoms with E-state index in [0.717, 1.165) is 12.3 Å². The molecule has 0 heterocycles. The van der Waals surface area contributed by atoms with Crippen LogP contribution in [0.25, 0.3) is 0 Å². The summed E-state index contributed by atoms with van der Waals surface area (Å²) in [6, 6.07) is 7.88. The fourth-order valence-corrected chi connectivity index (χ4v) is 1.35. The van der Waals surface area contributed by atoms with Crippen LogP contribution in [0, 0.1) is 6.92 Å². The molecule has 0 aromatic heterocycles. The highest BCUT2D eigenvalue weighted by atomic mass is 35.5. The Morgan fingerprint density at radius 3 is 2.44 bits per heavy atom.